The molecule has 3 aromatic rings. The number of esters is 1. The third kappa shape index (κ3) is 3.84. The lowest BCUT2D eigenvalue weighted by Gasteiger charge is -2.10. The molecule has 0 aliphatic heterocycles. The molecular formula is C22H24N4O2. The Kier molecular flexibility index (Phi) is 5.65. The van der Waals surface area contributed by atoms with Crippen LogP contribution < -0.4 is 0 Å². The van der Waals surface area contributed by atoms with Gasteiger partial charge in [-0.05, 0) is 57.0 Å². The van der Waals surface area contributed by atoms with Crippen LogP contribution in [0.4, 0.5) is 0 Å². The number of para-hydroxylation sites is 2. The number of H-pyrrole nitrogens is 1. The summed E-state index contributed by atoms with van der Waals surface area (Å²) < 4.78 is 7.67. The molecule has 0 saturated heterocycles. The van der Waals surface area contributed by atoms with Gasteiger partial charge in [-0.3, -0.25) is 0 Å². The van der Waals surface area contributed by atoms with Gasteiger partial charge in [0.2, 0.25) is 0 Å². The topological polar surface area (TPSA) is 83.7 Å². The van der Waals surface area contributed by atoms with Gasteiger partial charge in [-0.15, -0.1) is 0 Å². The molecule has 0 bridgehead atoms. The van der Waals surface area contributed by atoms with Crippen LogP contribution in [0.3, 0.4) is 0 Å². The number of imidazole rings is 1. The van der Waals surface area contributed by atoms with Crippen LogP contribution in [0.1, 0.15) is 49.1 Å². The molecule has 2 aromatic heterocycles. The van der Waals surface area contributed by atoms with Crippen LogP contribution >= 0.6 is 0 Å². The lowest BCUT2D eigenvalue weighted by molar-refractivity contribution is -0.143. The van der Waals surface area contributed by atoms with Crippen LogP contribution in [0.5, 0.6) is 0 Å². The average Bonchev–Trinajstić information content (AvgIpc) is 3.22. The lowest BCUT2D eigenvalue weighted by Crippen LogP contribution is -2.11. The predicted octanol–water partition coefficient (Wildman–Crippen LogP) is 4.60. The fraction of sp³-hybridized carbons (Fsp3) is 0.318. The number of hydrogen-bond acceptors (Lipinski definition) is 4. The molecule has 0 amide bonds. The molecule has 28 heavy (non-hydrogen) atoms. The number of hydrogen-bond donors (Lipinski definition) is 1. The number of fused-ring (bicyclic) bond motifs is 1. The zero-order chi connectivity index (χ0) is 20.3. The van der Waals surface area contributed by atoms with Crippen LogP contribution in [-0.2, 0) is 16.1 Å². The van der Waals surface area contributed by atoms with Crippen LogP contribution in [0.15, 0.2) is 35.9 Å². The molecule has 2 heterocycles. The summed E-state index contributed by atoms with van der Waals surface area (Å²) in [6.45, 7) is 8.77. The number of benzene rings is 1. The van der Waals surface area contributed by atoms with Crippen LogP contribution in [0, 0.1) is 25.2 Å². The number of carbonyl (C=O) groups is 1. The van der Waals surface area contributed by atoms with Crippen molar-refractivity contribution in [2.75, 3.05) is 0 Å². The first kappa shape index (κ1) is 19.4. The van der Waals surface area contributed by atoms with Gasteiger partial charge in [0.25, 0.3) is 0 Å². The molecule has 6 heteroatoms. The zero-order valence-corrected chi connectivity index (χ0v) is 16.6. The predicted molar refractivity (Wildman–Crippen MR) is 108 cm³/mol. The van der Waals surface area contributed by atoms with E-state index in [0.717, 1.165) is 41.0 Å². The summed E-state index contributed by atoms with van der Waals surface area (Å²) in [7, 11) is 0. The molecule has 0 aliphatic rings. The van der Waals surface area contributed by atoms with E-state index in [4.69, 9.17) is 4.74 Å². The minimum atomic E-state index is -0.657. The fourth-order valence-electron chi connectivity index (χ4n) is 3.28. The van der Waals surface area contributed by atoms with Crippen LogP contribution in [-0.4, -0.2) is 20.5 Å². The Bertz CT molecular complexity index is 1050. The summed E-state index contributed by atoms with van der Waals surface area (Å²) in [5.41, 5.74) is 4.65. The summed E-state index contributed by atoms with van der Waals surface area (Å²) in [6, 6.07) is 11.6. The molecule has 1 aromatic carbocycles. The van der Waals surface area contributed by atoms with Gasteiger partial charge in [0.05, 0.1) is 11.0 Å². The minimum absolute atomic E-state index is 0.0280. The van der Waals surface area contributed by atoms with Crippen molar-refractivity contribution < 1.29 is 9.53 Å². The highest BCUT2D eigenvalue weighted by molar-refractivity contribution is 5.98. The number of ether oxygens (including phenoxy) is 1. The van der Waals surface area contributed by atoms with Crippen molar-refractivity contribution in [3.8, 4) is 6.07 Å². The second-order valence-electron chi connectivity index (χ2n) is 6.83. The maximum atomic E-state index is 12.5. The molecule has 1 N–H and O–H groups in total. The lowest BCUT2D eigenvalue weighted by atomic mass is 10.1. The third-order valence-corrected chi connectivity index (χ3v) is 4.78. The Balaban J connectivity index is 1.81. The zero-order valence-electron chi connectivity index (χ0n) is 16.6. The van der Waals surface area contributed by atoms with Gasteiger partial charge in [-0.2, -0.15) is 5.26 Å². The number of nitrogens with one attached hydrogen (secondary N) is 1. The molecule has 0 unspecified atom stereocenters. The molecule has 0 saturated carbocycles. The first-order valence-corrected chi connectivity index (χ1v) is 9.38. The number of nitriles is 1. The van der Waals surface area contributed by atoms with Crippen molar-refractivity contribution >= 4 is 23.1 Å². The van der Waals surface area contributed by atoms with Crippen molar-refractivity contribution in [1.82, 2.24) is 14.5 Å². The Hall–Kier alpha value is -3.33. The van der Waals surface area contributed by atoms with Gasteiger partial charge in [0.1, 0.15) is 17.5 Å². The van der Waals surface area contributed by atoms with Gasteiger partial charge in [0.15, 0.2) is 6.10 Å². The summed E-state index contributed by atoms with van der Waals surface area (Å²) >= 11 is 0. The van der Waals surface area contributed by atoms with Crippen molar-refractivity contribution in [3.63, 3.8) is 0 Å². The van der Waals surface area contributed by atoms with Crippen molar-refractivity contribution in [2.45, 2.75) is 46.8 Å². The molecule has 0 fully saturated rings. The normalized spacial score (nSPS) is 12.8. The Morgan fingerprint density at radius 3 is 2.82 bits per heavy atom. The summed E-state index contributed by atoms with van der Waals surface area (Å²) in [5.74, 6) is -0.108. The number of nitrogens with zero attached hydrogens (tertiary/aromatic N) is 3. The Morgan fingerprint density at radius 1 is 1.39 bits per heavy atom. The van der Waals surface area contributed by atoms with E-state index in [1.807, 2.05) is 50.2 Å². The van der Waals surface area contributed by atoms with Crippen molar-refractivity contribution in [3.05, 3.63) is 58.7 Å². The average molecular weight is 376 g/mol. The molecule has 144 valence electrons. The Labute approximate surface area is 164 Å². The van der Waals surface area contributed by atoms with E-state index in [9.17, 15) is 10.1 Å². The van der Waals surface area contributed by atoms with E-state index in [1.165, 1.54) is 0 Å². The second-order valence-corrected chi connectivity index (χ2v) is 6.83. The SMILES string of the molecule is CCCn1c(C)cc(/C=C(/C#N)C(=O)O[C@@H](C)c2nc3ccccc3[nH]2)c1C. The molecule has 0 spiro atoms. The maximum absolute atomic E-state index is 12.5. The van der Waals surface area contributed by atoms with Gasteiger partial charge in [-0.1, -0.05) is 19.1 Å². The first-order chi connectivity index (χ1) is 13.4. The largest absolute Gasteiger partial charge is 0.450 e. The number of aromatic amines is 1. The van der Waals surface area contributed by atoms with Crippen molar-refractivity contribution in [2.24, 2.45) is 0 Å². The summed E-state index contributed by atoms with van der Waals surface area (Å²) in [5, 5.41) is 9.48. The third-order valence-electron chi connectivity index (χ3n) is 4.78. The number of rotatable bonds is 6. The van der Waals surface area contributed by atoms with Gasteiger partial charge in [0, 0.05) is 17.9 Å². The molecule has 0 radical (unpaired) electrons. The van der Waals surface area contributed by atoms with Crippen LogP contribution in [0.25, 0.3) is 17.1 Å². The van der Waals surface area contributed by atoms with Gasteiger partial charge < -0.3 is 14.3 Å². The summed E-state index contributed by atoms with van der Waals surface area (Å²) in [4.78, 5) is 20.1. The van der Waals surface area contributed by atoms with Crippen molar-refractivity contribution in [1.29, 1.82) is 5.26 Å². The van der Waals surface area contributed by atoms with E-state index >= 15 is 0 Å². The number of carbonyl (C=O) groups excluding carboxylic acids is 1. The minimum Gasteiger partial charge on any atom is -0.450 e. The number of aryl methyl sites for hydroxylation is 1. The molecular weight excluding hydrogens is 352 g/mol. The van der Waals surface area contributed by atoms with E-state index in [-0.39, 0.29) is 5.57 Å². The fourth-order valence-corrected chi connectivity index (χ4v) is 3.28. The quantitative estimate of drug-likeness (QED) is 0.387. The maximum Gasteiger partial charge on any atom is 0.349 e. The second kappa shape index (κ2) is 8.13. The highest BCUT2D eigenvalue weighted by atomic mass is 16.5. The molecule has 0 aliphatic carbocycles. The first-order valence-electron chi connectivity index (χ1n) is 9.38. The highest BCUT2D eigenvalue weighted by Crippen LogP contribution is 2.22. The van der Waals surface area contributed by atoms with Gasteiger partial charge >= 0.3 is 5.97 Å². The van der Waals surface area contributed by atoms with Crippen LogP contribution in [0.2, 0.25) is 0 Å². The van der Waals surface area contributed by atoms with E-state index in [1.54, 1.807) is 13.0 Å². The van der Waals surface area contributed by atoms with E-state index < -0.39 is 12.1 Å². The smallest absolute Gasteiger partial charge is 0.349 e. The summed E-state index contributed by atoms with van der Waals surface area (Å²) in [6.07, 6.45) is 2.02. The standard InChI is InChI=1S/C22H24N4O2/c1-5-10-26-14(2)11-17(15(26)3)12-18(13-23)22(27)28-16(4)21-24-19-8-6-7-9-20(19)25-21/h6-9,11-12,16H,5,10H2,1-4H3,(H,24,25)/b18-12-/t16-/m0/s1. The monoisotopic (exact) mass is 376 g/mol. The number of aromatic nitrogens is 3. The molecule has 6 nitrogen and oxygen atoms in total. The molecule has 3 rings (SSSR count). The molecule has 1 atom stereocenters. The highest BCUT2D eigenvalue weighted by Gasteiger charge is 2.19. The Morgan fingerprint density at radius 2 is 2.14 bits per heavy atom. The van der Waals surface area contributed by atoms with E-state index in [2.05, 4.69) is 21.5 Å². The van der Waals surface area contributed by atoms with Gasteiger partial charge in [-0.25, -0.2) is 9.78 Å². The van der Waals surface area contributed by atoms with E-state index in [0.29, 0.717) is 5.82 Å².